The third kappa shape index (κ3) is 3.57. The Morgan fingerprint density at radius 1 is 1.25 bits per heavy atom. The summed E-state index contributed by atoms with van der Waals surface area (Å²) in [5.41, 5.74) is 1.04. The van der Waals surface area contributed by atoms with E-state index in [0.29, 0.717) is 23.3 Å². The first-order chi connectivity index (χ1) is 9.81. The van der Waals surface area contributed by atoms with Crippen molar-refractivity contribution >= 4 is 17.4 Å². The molecule has 6 heteroatoms. The number of halogens is 1. The molecule has 0 amide bonds. The minimum Gasteiger partial charge on any atom is -0.477 e. The van der Waals surface area contributed by atoms with Crippen LogP contribution in [0.5, 0.6) is 5.88 Å². The van der Waals surface area contributed by atoms with Crippen LogP contribution >= 0.6 is 11.6 Å². The lowest BCUT2D eigenvalue weighted by molar-refractivity contribution is 0.288. The van der Waals surface area contributed by atoms with Gasteiger partial charge in [0.25, 0.3) is 0 Å². The second-order valence-corrected chi connectivity index (χ2v) is 5.24. The van der Waals surface area contributed by atoms with Crippen LogP contribution in [0.4, 0.5) is 5.82 Å². The highest BCUT2D eigenvalue weighted by Gasteiger charge is 2.21. The monoisotopic (exact) mass is 290 g/mol. The Hall–Kier alpha value is -1.88. The lowest BCUT2D eigenvalue weighted by Crippen LogP contribution is -2.04. The molecule has 1 saturated carbocycles. The lowest BCUT2D eigenvalue weighted by Gasteiger charge is -2.08. The Labute approximate surface area is 122 Å². The second-order valence-electron chi connectivity index (χ2n) is 4.83. The first-order valence-corrected chi connectivity index (χ1v) is 6.96. The Morgan fingerprint density at radius 3 is 2.85 bits per heavy atom. The summed E-state index contributed by atoms with van der Waals surface area (Å²) in [6.45, 7) is 1.38. The van der Waals surface area contributed by atoms with Gasteiger partial charge in [0.2, 0.25) is 5.88 Å². The minimum absolute atomic E-state index is 0.504. The van der Waals surface area contributed by atoms with Crippen LogP contribution < -0.4 is 10.1 Å². The standard InChI is InChI=1S/C14H15ClN4O/c15-12-7-16-9-19-14(12)18-6-11-3-4-13(17-5-11)20-8-10-1-2-10/h3-5,7,9-10H,1-2,6,8H2,(H,16,18,19). The van der Waals surface area contributed by atoms with Gasteiger partial charge in [0.15, 0.2) is 0 Å². The molecule has 0 aromatic carbocycles. The van der Waals surface area contributed by atoms with Crippen LogP contribution in [-0.4, -0.2) is 21.6 Å². The van der Waals surface area contributed by atoms with Crippen LogP contribution in [0.25, 0.3) is 0 Å². The van der Waals surface area contributed by atoms with Gasteiger partial charge in [-0.1, -0.05) is 17.7 Å². The molecule has 20 heavy (non-hydrogen) atoms. The molecule has 2 aromatic rings. The summed E-state index contributed by atoms with van der Waals surface area (Å²) in [6, 6.07) is 3.87. The SMILES string of the molecule is Clc1cncnc1NCc1ccc(OCC2CC2)nc1. The van der Waals surface area contributed by atoms with E-state index in [2.05, 4.69) is 20.3 Å². The zero-order valence-corrected chi connectivity index (χ0v) is 11.7. The number of anilines is 1. The van der Waals surface area contributed by atoms with Crippen molar-refractivity contribution in [1.82, 2.24) is 15.0 Å². The zero-order chi connectivity index (χ0) is 13.8. The van der Waals surface area contributed by atoms with E-state index in [9.17, 15) is 0 Å². The Kier molecular flexibility index (Phi) is 3.97. The molecule has 1 N–H and O–H groups in total. The number of nitrogens with zero attached hydrogens (tertiary/aromatic N) is 3. The highest BCUT2D eigenvalue weighted by molar-refractivity contribution is 6.32. The Morgan fingerprint density at radius 2 is 2.15 bits per heavy atom. The van der Waals surface area contributed by atoms with Gasteiger partial charge in [0, 0.05) is 18.8 Å². The fourth-order valence-corrected chi connectivity index (χ4v) is 1.89. The van der Waals surface area contributed by atoms with E-state index in [0.717, 1.165) is 18.1 Å². The van der Waals surface area contributed by atoms with Gasteiger partial charge in [0.1, 0.15) is 17.2 Å². The predicted molar refractivity (Wildman–Crippen MR) is 76.8 cm³/mol. The van der Waals surface area contributed by atoms with E-state index in [1.807, 2.05) is 12.1 Å². The van der Waals surface area contributed by atoms with E-state index in [1.54, 1.807) is 12.4 Å². The fourth-order valence-electron chi connectivity index (χ4n) is 1.72. The number of nitrogens with one attached hydrogen (secondary N) is 1. The molecule has 3 rings (SSSR count). The van der Waals surface area contributed by atoms with E-state index in [1.165, 1.54) is 19.2 Å². The first-order valence-electron chi connectivity index (χ1n) is 6.58. The average molecular weight is 291 g/mol. The van der Waals surface area contributed by atoms with Crippen LogP contribution in [0.2, 0.25) is 5.02 Å². The fraction of sp³-hybridized carbons (Fsp3) is 0.357. The summed E-state index contributed by atoms with van der Waals surface area (Å²) in [4.78, 5) is 12.2. The normalized spacial score (nSPS) is 14.1. The highest BCUT2D eigenvalue weighted by Crippen LogP contribution is 2.29. The van der Waals surface area contributed by atoms with E-state index in [-0.39, 0.29) is 0 Å². The summed E-state index contributed by atoms with van der Waals surface area (Å²) in [6.07, 6.45) is 7.37. The van der Waals surface area contributed by atoms with Crippen molar-refractivity contribution in [3.8, 4) is 5.88 Å². The van der Waals surface area contributed by atoms with Crippen LogP contribution in [-0.2, 0) is 6.54 Å². The van der Waals surface area contributed by atoms with Crippen molar-refractivity contribution in [3.05, 3.63) is 41.4 Å². The topological polar surface area (TPSA) is 59.9 Å². The number of pyridine rings is 1. The van der Waals surface area contributed by atoms with Crippen molar-refractivity contribution < 1.29 is 4.74 Å². The minimum atomic E-state index is 0.504. The highest BCUT2D eigenvalue weighted by atomic mass is 35.5. The summed E-state index contributed by atoms with van der Waals surface area (Å²) >= 11 is 5.97. The Balaban J connectivity index is 1.53. The molecule has 0 saturated heterocycles. The lowest BCUT2D eigenvalue weighted by atomic mass is 10.3. The van der Waals surface area contributed by atoms with Gasteiger partial charge in [-0.3, -0.25) is 0 Å². The maximum atomic E-state index is 5.97. The molecule has 2 aromatic heterocycles. The number of hydrogen-bond donors (Lipinski definition) is 1. The van der Waals surface area contributed by atoms with E-state index < -0.39 is 0 Å². The molecule has 0 radical (unpaired) electrons. The van der Waals surface area contributed by atoms with Gasteiger partial charge in [-0.25, -0.2) is 15.0 Å². The molecule has 104 valence electrons. The largest absolute Gasteiger partial charge is 0.477 e. The smallest absolute Gasteiger partial charge is 0.213 e. The molecule has 1 fully saturated rings. The van der Waals surface area contributed by atoms with Gasteiger partial charge < -0.3 is 10.1 Å². The number of ether oxygens (including phenoxy) is 1. The average Bonchev–Trinajstić information content (AvgIpc) is 3.30. The summed E-state index contributed by atoms with van der Waals surface area (Å²) in [5, 5.41) is 3.65. The third-order valence-electron chi connectivity index (χ3n) is 3.09. The molecular formula is C14H15ClN4O. The first kappa shape index (κ1) is 13.1. The van der Waals surface area contributed by atoms with Crippen molar-refractivity contribution in [2.75, 3.05) is 11.9 Å². The van der Waals surface area contributed by atoms with Crippen LogP contribution in [0.3, 0.4) is 0 Å². The number of aromatic nitrogens is 3. The summed E-state index contributed by atoms with van der Waals surface area (Å²) in [7, 11) is 0. The third-order valence-corrected chi connectivity index (χ3v) is 3.37. The quantitative estimate of drug-likeness (QED) is 0.886. The van der Waals surface area contributed by atoms with Crippen LogP contribution in [0.15, 0.2) is 30.9 Å². The molecule has 0 bridgehead atoms. The van der Waals surface area contributed by atoms with Gasteiger partial charge in [-0.2, -0.15) is 0 Å². The molecular weight excluding hydrogens is 276 g/mol. The molecule has 0 unspecified atom stereocenters. The molecule has 1 aliphatic carbocycles. The van der Waals surface area contributed by atoms with E-state index >= 15 is 0 Å². The number of hydrogen-bond acceptors (Lipinski definition) is 5. The van der Waals surface area contributed by atoms with Crippen LogP contribution in [0, 0.1) is 5.92 Å². The maximum absolute atomic E-state index is 5.97. The summed E-state index contributed by atoms with van der Waals surface area (Å²) < 4.78 is 5.59. The second kappa shape index (κ2) is 6.05. The summed E-state index contributed by atoms with van der Waals surface area (Å²) in [5.74, 6) is 2.04. The predicted octanol–water partition coefficient (Wildman–Crippen LogP) is 2.93. The molecule has 0 spiro atoms. The van der Waals surface area contributed by atoms with Crippen molar-refractivity contribution in [1.29, 1.82) is 0 Å². The van der Waals surface area contributed by atoms with Crippen LogP contribution in [0.1, 0.15) is 18.4 Å². The van der Waals surface area contributed by atoms with Gasteiger partial charge in [0.05, 0.1) is 12.8 Å². The van der Waals surface area contributed by atoms with Gasteiger partial charge in [-0.05, 0) is 24.3 Å². The molecule has 1 aliphatic rings. The van der Waals surface area contributed by atoms with Gasteiger partial charge in [-0.15, -0.1) is 0 Å². The molecule has 5 nitrogen and oxygen atoms in total. The zero-order valence-electron chi connectivity index (χ0n) is 10.9. The van der Waals surface area contributed by atoms with E-state index in [4.69, 9.17) is 16.3 Å². The van der Waals surface area contributed by atoms with Crippen molar-refractivity contribution in [2.24, 2.45) is 5.92 Å². The molecule has 0 aliphatic heterocycles. The molecule has 0 atom stereocenters. The molecule has 2 heterocycles. The Bertz CT molecular complexity index is 572. The van der Waals surface area contributed by atoms with Crippen molar-refractivity contribution in [3.63, 3.8) is 0 Å². The maximum Gasteiger partial charge on any atom is 0.213 e. The van der Waals surface area contributed by atoms with Gasteiger partial charge >= 0.3 is 0 Å². The van der Waals surface area contributed by atoms with Crippen molar-refractivity contribution in [2.45, 2.75) is 19.4 Å². The number of rotatable bonds is 6.